The maximum absolute atomic E-state index is 5.67. The van der Waals surface area contributed by atoms with Gasteiger partial charge in [0.25, 0.3) is 0 Å². The van der Waals surface area contributed by atoms with Gasteiger partial charge in [0.2, 0.25) is 0 Å². The topological polar surface area (TPSA) is 24.5 Å². The second-order valence-corrected chi connectivity index (χ2v) is 5.73. The van der Waals surface area contributed by atoms with E-state index < -0.39 is 0 Å². The molecule has 1 saturated heterocycles. The van der Waals surface area contributed by atoms with E-state index in [-0.39, 0.29) is 0 Å². The first-order valence-corrected chi connectivity index (χ1v) is 8.40. The minimum Gasteiger partial charge on any atom is -0.378 e. The number of ether oxygens (including phenoxy) is 1. The molecule has 1 aliphatic heterocycles. The van der Waals surface area contributed by atoms with Crippen LogP contribution < -0.4 is 10.2 Å². The van der Waals surface area contributed by atoms with Crippen LogP contribution in [0.15, 0.2) is 61.2 Å². The molecule has 1 heterocycles. The molecule has 0 aromatic heterocycles. The highest BCUT2D eigenvalue weighted by molar-refractivity contribution is 5.49. The van der Waals surface area contributed by atoms with Crippen molar-refractivity contribution in [3.8, 4) is 0 Å². The summed E-state index contributed by atoms with van der Waals surface area (Å²) >= 11 is 0. The molecule has 1 aliphatic rings. The third-order valence-corrected chi connectivity index (χ3v) is 3.99. The van der Waals surface area contributed by atoms with Gasteiger partial charge in [-0.15, -0.1) is 0 Å². The summed E-state index contributed by atoms with van der Waals surface area (Å²) in [7, 11) is 0. The van der Waals surface area contributed by atoms with Gasteiger partial charge in [-0.25, -0.2) is 0 Å². The summed E-state index contributed by atoms with van der Waals surface area (Å²) in [6, 6.07) is 8.77. The highest BCUT2D eigenvalue weighted by Crippen LogP contribution is 2.19. The van der Waals surface area contributed by atoms with Crippen LogP contribution in [0.4, 0.5) is 5.69 Å². The van der Waals surface area contributed by atoms with Gasteiger partial charge in [-0.1, -0.05) is 43.5 Å². The lowest BCUT2D eigenvalue weighted by Crippen LogP contribution is -2.33. The molecule has 1 aromatic carbocycles. The first-order valence-electron chi connectivity index (χ1n) is 8.40. The number of benzene rings is 1. The van der Waals surface area contributed by atoms with Crippen molar-refractivity contribution in [2.24, 2.45) is 0 Å². The molecule has 3 heteroatoms. The number of allylic oxidation sites excluding steroid dienone is 4. The highest BCUT2D eigenvalue weighted by atomic mass is 16.5. The summed E-state index contributed by atoms with van der Waals surface area (Å²) in [5.41, 5.74) is 3.76. The van der Waals surface area contributed by atoms with E-state index >= 15 is 0 Å². The summed E-state index contributed by atoms with van der Waals surface area (Å²) in [6.45, 7) is 13.2. The van der Waals surface area contributed by atoms with Crippen molar-refractivity contribution in [3.63, 3.8) is 0 Å². The first-order chi connectivity index (χ1) is 11.3. The lowest BCUT2D eigenvalue weighted by Gasteiger charge is -2.26. The number of anilines is 1. The quantitative estimate of drug-likeness (QED) is 0.844. The summed E-state index contributed by atoms with van der Waals surface area (Å²) in [4.78, 5) is 2.42. The SMILES string of the molecule is C=C/C=C(\C=C)Cc1cccc(N2CCCNCCOCC2)c1. The van der Waals surface area contributed by atoms with Crippen LogP contribution in [0.5, 0.6) is 0 Å². The number of rotatable bonds is 5. The van der Waals surface area contributed by atoms with Gasteiger partial charge in [-0.2, -0.15) is 0 Å². The van der Waals surface area contributed by atoms with Crippen LogP contribution in [0.25, 0.3) is 0 Å². The lowest BCUT2D eigenvalue weighted by atomic mass is 10.0. The van der Waals surface area contributed by atoms with E-state index in [1.165, 1.54) is 16.8 Å². The fourth-order valence-electron chi connectivity index (χ4n) is 2.76. The van der Waals surface area contributed by atoms with E-state index in [0.717, 1.165) is 52.2 Å². The maximum Gasteiger partial charge on any atom is 0.0642 e. The molecular formula is C20H28N2O. The third-order valence-electron chi connectivity index (χ3n) is 3.99. The number of nitrogens with one attached hydrogen (secondary N) is 1. The Labute approximate surface area is 140 Å². The normalized spacial score (nSPS) is 17.6. The van der Waals surface area contributed by atoms with Gasteiger partial charge >= 0.3 is 0 Å². The van der Waals surface area contributed by atoms with Crippen LogP contribution in [0.1, 0.15) is 12.0 Å². The van der Waals surface area contributed by atoms with Gasteiger partial charge in [0.05, 0.1) is 13.2 Å². The fraction of sp³-hybridized carbons (Fsp3) is 0.400. The molecule has 0 amide bonds. The van der Waals surface area contributed by atoms with E-state index in [0.29, 0.717) is 0 Å². The van der Waals surface area contributed by atoms with Gasteiger partial charge in [0, 0.05) is 25.3 Å². The largest absolute Gasteiger partial charge is 0.378 e. The Morgan fingerprint density at radius 3 is 2.96 bits per heavy atom. The average molecular weight is 312 g/mol. The fourth-order valence-corrected chi connectivity index (χ4v) is 2.76. The number of hydrogen-bond donors (Lipinski definition) is 1. The van der Waals surface area contributed by atoms with Crippen LogP contribution in [0.2, 0.25) is 0 Å². The Hall–Kier alpha value is -1.84. The standard InChI is InChI=1S/C20H28N2O/c1-3-7-18(4-2)16-19-8-5-9-20(17-19)22-12-6-10-21-11-14-23-15-13-22/h3-5,7-9,17,21H,1-2,6,10-16H2/b18-7+. The summed E-state index contributed by atoms with van der Waals surface area (Å²) < 4.78 is 5.67. The minimum atomic E-state index is 0.778. The molecule has 1 fully saturated rings. The molecule has 0 bridgehead atoms. The molecule has 0 aliphatic carbocycles. The third kappa shape index (κ3) is 6.05. The van der Waals surface area contributed by atoms with Crippen LogP contribution in [0, 0.1) is 0 Å². The van der Waals surface area contributed by atoms with Gasteiger partial charge in [0.1, 0.15) is 0 Å². The second-order valence-electron chi connectivity index (χ2n) is 5.73. The van der Waals surface area contributed by atoms with Crippen LogP contribution in [-0.4, -0.2) is 39.4 Å². The average Bonchev–Trinajstić information content (AvgIpc) is 2.59. The maximum atomic E-state index is 5.67. The van der Waals surface area contributed by atoms with Crippen molar-refractivity contribution in [2.75, 3.05) is 44.3 Å². The predicted octanol–water partition coefficient (Wildman–Crippen LogP) is 3.34. The molecule has 0 saturated carbocycles. The molecule has 0 radical (unpaired) electrons. The Morgan fingerprint density at radius 1 is 1.22 bits per heavy atom. The molecular weight excluding hydrogens is 284 g/mol. The predicted molar refractivity (Wildman–Crippen MR) is 99.1 cm³/mol. The molecule has 0 atom stereocenters. The number of nitrogens with zero attached hydrogens (tertiary/aromatic N) is 1. The van der Waals surface area contributed by atoms with Gasteiger partial charge in [-0.05, 0) is 42.7 Å². The molecule has 2 rings (SSSR count). The smallest absolute Gasteiger partial charge is 0.0642 e. The Kier molecular flexibility index (Phi) is 7.64. The van der Waals surface area contributed by atoms with Gasteiger partial charge in [0.15, 0.2) is 0 Å². The van der Waals surface area contributed by atoms with E-state index in [4.69, 9.17) is 4.74 Å². The zero-order valence-electron chi connectivity index (χ0n) is 14.0. The van der Waals surface area contributed by atoms with Crippen molar-refractivity contribution < 1.29 is 4.74 Å². The van der Waals surface area contributed by atoms with E-state index in [9.17, 15) is 0 Å². The van der Waals surface area contributed by atoms with E-state index in [1.807, 2.05) is 18.2 Å². The molecule has 1 N–H and O–H groups in total. The molecule has 1 aromatic rings. The van der Waals surface area contributed by atoms with Crippen molar-refractivity contribution in [1.29, 1.82) is 0 Å². The van der Waals surface area contributed by atoms with Gasteiger partial charge in [-0.3, -0.25) is 0 Å². The summed E-state index contributed by atoms with van der Waals surface area (Å²) in [5.74, 6) is 0. The molecule has 124 valence electrons. The van der Waals surface area contributed by atoms with Gasteiger partial charge < -0.3 is 15.0 Å². The first kappa shape index (κ1) is 17.5. The molecule has 0 unspecified atom stereocenters. The molecule has 23 heavy (non-hydrogen) atoms. The van der Waals surface area contributed by atoms with Crippen molar-refractivity contribution in [3.05, 3.63) is 66.8 Å². The summed E-state index contributed by atoms with van der Waals surface area (Å²) in [5, 5.41) is 3.41. The van der Waals surface area contributed by atoms with E-state index in [1.54, 1.807) is 0 Å². The zero-order chi connectivity index (χ0) is 16.3. The Balaban J connectivity index is 2.08. The van der Waals surface area contributed by atoms with Crippen molar-refractivity contribution in [1.82, 2.24) is 5.32 Å². The zero-order valence-corrected chi connectivity index (χ0v) is 14.0. The van der Waals surface area contributed by atoms with Crippen molar-refractivity contribution >= 4 is 5.69 Å². The van der Waals surface area contributed by atoms with Crippen LogP contribution in [0.3, 0.4) is 0 Å². The second kappa shape index (κ2) is 10.0. The number of hydrogen-bond acceptors (Lipinski definition) is 3. The Bertz CT molecular complexity index is 526. The minimum absolute atomic E-state index is 0.778. The monoisotopic (exact) mass is 312 g/mol. The summed E-state index contributed by atoms with van der Waals surface area (Å²) in [6.07, 6.45) is 7.77. The lowest BCUT2D eigenvalue weighted by molar-refractivity contribution is 0.139. The van der Waals surface area contributed by atoms with Crippen molar-refractivity contribution in [2.45, 2.75) is 12.8 Å². The molecule has 0 spiro atoms. The van der Waals surface area contributed by atoms with Crippen LogP contribution >= 0.6 is 0 Å². The van der Waals surface area contributed by atoms with E-state index in [2.05, 4.69) is 47.6 Å². The highest BCUT2D eigenvalue weighted by Gasteiger charge is 2.09. The molecule has 3 nitrogen and oxygen atoms in total. The Morgan fingerprint density at radius 2 is 2.13 bits per heavy atom. The van der Waals surface area contributed by atoms with Crippen LogP contribution in [-0.2, 0) is 11.2 Å².